The number of para-hydroxylation sites is 1. The van der Waals surface area contributed by atoms with E-state index in [0.29, 0.717) is 17.5 Å². The van der Waals surface area contributed by atoms with Crippen LogP contribution in [0.25, 0.3) is 16.9 Å². The molecule has 0 saturated heterocycles. The Morgan fingerprint density at radius 2 is 1.88 bits per heavy atom. The first-order chi connectivity index (χ1) is 15.2. The average Bonchev–Trinajstić information content (AvgIpc) is 3.29. The van der Waals surface area contributed by atoms with Crippen molar-refractivity contribution in [2.45, 2.75) is 52.6 Å². The number of alkyl carbamates (subject to hydrolysis) is 1. The highest BCUT2D eigenvalue weighted by atomic mass is 35.5. The Hall–Kier alpha value is -2.79. The average molecular weight is 452 g/mol. The molecule has 1 aromatic heterocycles. The largest absolute Gasteiger partial charge is 0.444 e. The number of carbonyl (C=O) groups is 1. The van der Waals surface area contributed by atoms with Gasteiger partial charge in [-0.15, -0.1) is 0 Å². The van der Waals surface area contributed by atoms with E-state index >= 15 is 0 Å². The van der Waals surface area contributed by atoms with Crippen molar-refractivity contribution in [2.24, 2.45) is 5.92 Å². The second-order valence-electron chi connectivity index (χ2n) is 9.33. The molecule has 0 bridgehead atoms. The minimum absolute atomic E-state index is 0.294. The maximum absolute atomic E-state index is 12.1. The maximum Gasteiger partial charge on any atom is 0.407 e. The van der Waals surface area contributed by atoms with Gasteiger partial charge in [0, 0.05) is 22.7 Å². The summed E-state index contributed by atoms with van der Waals surface area (Å²) in [5.41, 5.74) is 6.40. The van der Waals surface area contributed by atoms with Crippen molar-refractivity contribution in [3.05, 3.63) is 70.4 Å². The van der Waals surface area contributed by atoms with E-state index in [1.165, 1.54) is 11.1 Å². The molecule has 2 aromatic carbocycles. The quantitative estimate of drug-likeness (QED) is 0.518. The molecule has 0 saturated carbocycles. The number of rotatable bonds is 5. The molecule has 1 amide bonds. The Bertz CT molecular complexity index is 1110. The van der Waals surface area contributed by atoms with Gasteiger partial charge < -0.3 is 10.1 Å². The summed E-state index contributed by atoms with van der Waals surface area (Å²) >= 11 is 6.16. The molecule has 1 unspecified atom stereocenters. The van der Waals surface area contributed by atoms with Crippen molar-refractivity contribution in [1.82, 2.24) is 15.1 Å². The third-order valence-electron chi connectivity index (χ3n) is 5.69. The lowest BCUT2D eigenvalue weighted by atomic mass is 10.0. The summed E-state index contributed by atoms with van der Waals surface area (Å²) in [6.07, 6.45) is 2.25. The summed E-state index contributed by atoms with van der Waals surface area (Å²) in [5, 5.41) is 8.68. The van der Waals surface area contributed by atoms with Crippen molar-refractivity contribution in [1.29, 1.82) is 0 Å². The maximum atomic E-state index is 12.1. The van der Waals surface area contributed by atoms with Crippen LogP contribution >= 0.6 is 11.6 Å². The first-order valence-corrected chi connectivity index (χ1v) is 11.5. The highest BCUT2D eigenvalue weighted by molar-refractivity contribution is 6.30. The van der Waals surface area contributed by atoms with Crippen LogP contribution in [0.15, 0.2) is 48.5 Å². The highest BCUT2D eigenvalue weighted by Crippen LogP contribution is 2.37. The van der Waals surface area contributed by atoms with Gasteiger partial charge in [-0.2, -0.15) is 5.10 Å². The predicted octanol–water partition coefficient (Wildman–Crippen LogP) is 5.99. The van der Waals surface area contributed by atoms with Crippen molar-refractivity contribution in [3.63, 3.8) is 0 Å². The fraction of sp³-hybridized carbons (Fsp3) is 0.385. The molecular weight excluding hydrogens is 422 g/mol. The molecule has 0 spiro atoms. The molecule has 1 heterocycles. The Balaban J connectivity index is 1.64. The van der Waals surface area contributed by atoms with Gasteiger partial charge in [-0.25, -0.2) is 9.48 Å². The number of ether oxygens (including phenoxy) is 1. The van der Waals surface area contributed by atoms with Crippen molar-refractivity contribution >= 4 is 17.7 Å². The topological polar surface area (TPSA) is 56.2 Å². The Labute approximate surface area is 194 Å². The second kappa shape index (κ2) is 8.99. The SMILES string of the molecule is CCc1ccccc1-n1nc2c(c1-c1ccc(Cl)cc1)CC(CNC(=O)OC(C)(C)C)C2. The summed E-state index contributed by atoms with van der Waals surface area (Å²) in [7, 11) is 0. The van der Waals surface area contributed by atoms with Crippen LogP contribution in [0.4, 0.5) is 4.79 Å². The van der Waals surface area contributed by atoms with Gasteiger partial charge in [-0.1, -0.05) is 48.9 Å². The summed E-state index contributed by atoms with van der Waals surface area (Å²) in [4.78, 5) is 12.1. The summed E-state index contributed by atoms with van der Waals surface area (Å²) < 4.78 is 7.47. The van der Waals surface area contributed by atoms with E-state index in [1.54, 1.807) is 0 Å². The number of amides is 1. The van der Waals surface area contributed by atoms with Crippen LogP contribution in [-0.4, -0.2) is 28.0 Å². The fourth-order valence-electron chi connectivity index (χ4n) is 4.29. The number of aryl methyl sites for hydroxylation is 1. The van der Waals surface area contributed by atoms with E-state index in [9.17, 15) is 4.79 Å². The summed E-state index contributed by atoms with van der Waals surface area (Å²) in [5.74, 6) is 0.294. The van der Waals surface area contributed by atoms with Crippen LogP contribution in [0.2, 0.25) is 5.02 Å². The molecule has 32 heavy (non-hydrogen) atoms. The zero-order valence-electron chi connectivity index (χ0n) is 19.1. The normalized spacial score (nSPS) is 15.5. The molecule has 1 aliphatic carbocycles. The van der Waals surface area contributed by atoms with Crippen LogP contribution in [0, 0.1) is 5.92 Å². The lowest BCUT2D eigenvalue weighted by molar-refractivity contribution is 0.0519. The number of carbonyl (C=O) groups excluding carboxylic acids is 1. The minimum atomic E-state index is -0.502. The van der Waals surface area contributed by atoms with Crippen molar-refractivity contribution < 1.29 is 9.53 Å². The fourth-order valence-corrected chi connectivity index (χ4v) is 4.42. The third-order valence-corrected chi connectivity index (χ3v) is 5.95. The van der Waals surface area contributed by atoms with Crippen molar-refractivity contribution in [3.8, 4) is 16.9 Å². The van der Waals surface area contributed by atoms with E-state index in [2.05, 4.69) is 53.3 Å². The molecule has 1 atom stereocenters. The number of hydrogen-bond acceptors (Lipinski definition) is 3. The number of halogens is 1. The van der Waals surface area contributed by atoms with Gasteiger partial charge in [0.2, 0.25) is 0 Å². The third kappa shape index (κ3) is 4.83. The molecule has 168 valence electrons. The number of hydrogen-bond donors (Lipinski definition) is 1. The van der Waals surface area contributed by atoms with Crippen LogP contribution < -0.4 is 5.32 Å². The molecule has 0 fully saturated rings. The molecule has 3 aromatic rings. The van der Waals surface area contributed by atoms with E-state index in [1.807, 2.05) is 32.9 Å². The van der Waals surface area contributed by atoms with Crippen LogP contribution in [0.3, 0.4) is 0 Å². The molecule has 1 N–H and O–H groups in total. The van der Waals surface area contributed by atoms with Crippen LogP contribution in [0.1, 0.15) is 44.5 Å². The monoisotopic (exact) mass is 451 g/mol. The zero-order valence-corrected chi connectivity index (χ0v) is 19.9. The molecule has 0 aliphatic heterocycles. The Kier molecular flexibility index (Phi) is 6.29. The zero-order chi connectivity index (χ0) is 22.9. The number of nitrogens with zero attached hydrogens (tertiary/aromatic N) is 2. The summed E-state index contributed by atoms with van der Waals surface area (Å²) in [6.45, 7) is 8.33. The number of fused-ring (bicyclic) bond motifs is 1. The van der Waals surface area contributed by atoms with Gasteiger partial charge in [-0.3, -0.25) is 0 Å². The first kappa shape index (κ1) is 22.4. The molecule has 1 aliphatic rings. The van der Waals surface area contributed by atoms with Gasteiger partial charge in [0.05, 0.1) is 17.1 Å². The molecular formula is C26H30ClN3O2. The molecule has 6 heteroatoms. The number of benzene rings is 2. The smallest absolute Gasteiger partial charge is 0.407 e. The van der Waals surface area contributed by atoms with E-state index in [4.69, 9.17) is 21.4 Å². The van der Waals surface area contributed by atoms with Gasteiger partial charge in [0.1, 0.15) is 5.60 Å². The highest BCUT2D eigenvalue weighted by Gasteiger charge is 2.31. The Morgan fingerprint density at radius 3 is 2.56 bits per heavy atom. The lowest BCUT2D eigenvalue weighted by Gasteiger charge is -2.20. The van der Waals surface area contributed by atoms with Gasteiger partial charge in [0.15, 0.2) is 0 Å². The molecule has 0 radical (unpaired) electrons. The number of aromatic nitrogens is 2. The standard InChI is InChI=1S/C26H30ClN3O2/c1-5-18-8-6-7-9-23(18)30-24(19-10-12-20(27)13-11-19)21-14-17(15-22(21)29-30)16-28-25(31)32-26(2,3)4/h6-13,17H,5,14-16H2,1-4H3,(H,28,31). The van der Waals surface area contributed by atoms with Crippen molar-refractivity contribution in [2.75, 3.05) is 6.54 Å². The van der Waals surface area contributed by atoms with Crippen LogP contribution in [0.5, 0.6) is 0 Å². The van der Waals surface area contributed by atoms with Crippen LogP contribution in [-0.2, 0) is 24.0 Å². The lowest BCUT2D eigenvalue weighted by Crippen LogP contribution is -2.35. The first-order valence-electron chi connectivity index (χ1n) is 11.2. The molecule has 5 nitrogen and oxygen atoms in total. The van der Waals surface area contributed by atoms with E-state index in [-0.39, 0.29) is 6.09 Å². The second-order valence-corrected chi connectivity index (χ2v) is 9.77. The van der Waals surface area contributed by atoms with Gasteiger partial charge in [-0.05, 0) is 69.7 Å². The predicted molar refractivity (Wildman–Crippen MR) is 129 cm³/mol. The summed E-state index contributed by atoms with van der Waals surface area (Å²) in [6, 6.07) is 16.4. The molecule has 4 rings (SSSR count). The van der Waals surface area contributed by atoms with Gasteiger partial charge in [0.25, 0.3) is 0 Å². The van der Waals surface area contributed by atoms with E-state index in [0.717, 1.165) is 41.9 Å². The number of nitrogens with one attached hydrogen (secondary N) is 1. The minimum Gasteiger partial charge on any atom is -0.444 e. The van der Waals surface area contributed by atoms with E-state index < -0.39 is 5.60 Å². The van der Waals surface area contributed by atoms with Gasteiger partial charge >= 0.3 is 6.09 Å². The Morgan fingerprint density at radius 1 is 1.16 bits per heavy atom.